The molecule has 0 saturated carbocycles. The van der Waals surface area contributed by atoms with Gasteiger partial charge < -0.3 is 11.1 Å². The molecule has 0 spiro atoms. The third-order valence-corrected chi connectivity index (χ3v) is 5.42. The Hall–Kier alpha value is -1.15. The van der Waals surface area contributed by atoms with Crippen LogP contribution in [0.25, 0.3) is 0 Å². The van der Waals surface area contributed by atoms with E-state index in [1.165, 1.54) is 35.3 Å². The van der Waals surface area contributed by atoms with Crippen molar-refractivity contribution in [3.8, 4) is 0 Å². The van der Waals surface area contributed by atoms with Gasteiger partial charge in [0, 0.05) is 29.7 Å². The minimum atomic E-state index is 0. The summed E-state index contributed by atoms with van der Waals surface area (Å²) in [5, 5.41) is 4.42. The fraction of sp³-hybridized carbons (Fsp3) is 0.444. The second-order valence-corrected chi connectivity index (χ2v) is 7.07. The number of halogens is 1. The molecule has 0 atom stereocenters. The van der Waals surface area contributed by atoms with Crippen LogP contribution in [0.3, 0.4) is 0 Å². The zero-order valence-electron chi connectivity index (χ0n) is 14.0. The van der Waals surface area contributed by atoms with Gasteiger partial charge in [-0.2, -0.15) is 0 Å². The highest BCUT2D eigenvalue weighted by Gasteiger charge is 2.13. The number of nitrogens with one attached hydrogen (secondary N) is 1. The number of fused-ring (bicyclic) bond motifs is 1. The number of hydrogen-bond donors (Lipinski definition) is 2. The lowest BCUT2D eigenvalue weighted by atomic mass is 9.90. The Balaban J connectivity index is 0.00000208. The Bertz CT molecular complexity index is 696. The van der Waals surface area contributed by atoms with Crippen molar-refractivity contribution >= 4 is 47.0 Å². The summed E-state index contributed by atoms with van der Waals surface area (Å²) in [6.45, 7) is 2.82. The summed E-state index contributed by atoms with van der Waals surface area (Å²) < 4.78 is 0. The van der Waals surface area contributed by atoms with Crippen molar-refractivity contribution in [1.29, 1.82) is 0 Å². The minimum absolute atomic E-state index is 0. The molecule has 3 N–H and O–H groups in total. The highest BCUT2D eigenvalue weighted by Crippen LogP contribution is 2.27. The molecule has 1 aliphatic carbocycles. The van der Waals surface area contributed by atoms with Crippen molar-refractivity contribution in [2.75, 3.05) is 11.9 Å². The van der Waals surface area contributed by atoms with Gasteiger partial charge in [0.05, 0.1) is 5.01 Å². The van der Waals surface area contributed by atoms with E-state index in [0.29, 0.717) is 12.5 Å². The number of anilines is 1. The zero-order valence-corrected chi connectivity index (χ0v) is 17.2. The minimum Gasteiger partial charge on any atom is -0.370 e. The van der Waals surface area contributed by atoms with Gasteiger partial charge in [0.25, 0.3) is 0 Å². The molecule has 24 heavy (non-hydrogen) atoms. The van der Waals surface area contributed by atoms with Crippen molar-refractivity contribution in [1.82, 2.24) is 4.98 Å². The fourth-order valence-corrected chi connectivity index (χ4v) is 3.83. The molecule has 0 amide bonds. The van der Waals surface area contributed by atoms with Crippen LogP contribution in [-0.2, 0) is 25.7 Å². The van der Waals surface area contributed by atoms with Crippen LogP contribution in [0.2, 0.25) is 0 Å². The standard InChI is InChI=1S/C18H24N4S.HI/c1-2-14-12-21-17(23-14)10-11-20-18(19)22-16-9-5-7-13-6-3-4-8-15(13)16;/h5,7,9,12H,2-4,6,8,10-11H2,1H3,(H3,19,20,22);1H. The Labute approximate surface area is 165 Å². The van der Waals surface area contributed by atoms with Gasteiger partial charge in [-0.3, -0.25) is 4.99 Å². The Kier molecular flexibility index (Phi) is 7.48. The molecule has 0 radical (unpaired) electrons. The number of nitrogens with zero attached hydrogens (tertiary/aromatic N) is 2. The molecule has 1 aliphatic rings. The number of nitrogens with two attached hydrogens (primary N) is 1. The summed E-state index contributed by atoms with van der Waals surface area (Å²) >= 11 is 1.77. The van der Waals surface area contributed by atoms with E-state index in [2.05, 4.69) is 40.4 Å². The summed E-state index contributed by atoms with van der Waals surface area (Å²) in [6.07, 6.45) is 8.70. The number of benzene rings is 1. The number of thiazole rings is 1. The number of aryl methyl sites for hydroxylation is 2. The monoisotopic (exact) mass is 456 g/mol. The van der Waals surface area contributed by atoms with Gasteiger partial charge in [-0.15, -0.1) is 35.3 Å². The average molecular weight is 456 g/mol. The number of rotatable bonds is 5. The molecule has 1 aromatic heterocycles. The maximum atomic E-state index is 6.06. The lowest BCUT2D eigenvalue weighted by Gasteiger charge is -2.19. The Morgan fingerprint density at radius 2 is 2.17 bits per heavy atom. The Morgan fingerprint density at radius 3 is 2.96 bits per heavy atom. The summed E-state index contributed by atoms with van der Waals surface area (Å²) in [6, 6.07) is 6.42. The predicted molar refractivity (Wildman–Crippen MR) is 114 cm³/mol. The first kappa shape index (κ1) is 19.2. The highest BCUT2D eigenvalue weighted by atomic mass is 127. The van der Waals surface area contributed by atoms with Crippen LogP contribution in [0.1, 0.15) is 40.8 Å². The van der Waals surface area contributed by atoms with E-state index >= 15 is 0 Å². The maximum Gasteiger partial charge on any atom is 0.193 e. The number of guanidine groups is 1. The number of hydrogen-bond acceptors (Lipinski definition) is 3. The van der Waals surface area contributed by atoms with Gasteiger partial charge in [0.15, 0.2) is 5.96 Å². The largest absolute Gasteiger partial charge is 0.370 e. The fourth-order valence-electron chi connectivity index (χ4n) is 2.97. The quantitative estimate of drug-likeness (QED) is 0.403. The molecule has 6 heteroatoms. The number of aromatic nitrogens is 1. The van der Waals surface area contributed by atoms with Crippen LogP contribution in [-0.4, -0.2) is 17.5 Å². The van der Waals surface area contributed by atoms with Crippen LogP contribution >= 0.6 is 35.3 Å². The van der Waals surface area contributed by atoms with Gasteiger partial charge in [-0.25, -0.2) is 4.98 Å². The third kappa shape index (κ3) is 4.92. The molecule has 1 heterocycles. The van der Waals surface area contributed by atoms with Gasteiger partial charge >= 0.3 is 0 Å². The third-order valence-electron chi connectivity index (χ3n) is 4.22. The van der Waals surface area contributed by atoms with Crippen molar-refractivity contribution in [2.45, 2.75) is 45.4 Å². The maximum absolute atomic E-state index is 6.06. The van der Waals surface area contributed by atoms with E-state index < -0.39 is 0 Å². The van der Waals surface area contributed by atoms with Crippen molar-refractivity contribution in [3.63, 3.8) is 0 Å². The van der Waals surface area contributed by atoms with Gasteiger partial charge in [-0.1, -0.05) is 19.1 Å². The normalized spacial score (nSPS) is 14.0. The summed E-state index contributed by atoms with van der Waals surface area (Å²) in [7, 11) is 0. The Morgan fingerprint density at radius 1 is 1.33 bits per heavy atom. The molecule has 0 saturated heterocycles. The highest BCUT2D eigenvalue weighted by molar-refractivity contribution is 14.0. The van der Waals surface area contributed by atoms with E-state index in [-0.39, 0.29) is 24.0 Å². The summed E-state index contributed by atoms with van der Waals surface area (Å²) in [5.74, 6) is 0.497. The molecular weight excluding hydrogens is 431 g/mol. The van der Waals surface area contributed by atoms with E-state index in [1.807, 2.05) is 6.20 Å². The smallest absolute Gasteiger partial charge is 0.193 e. The van der Waals surface area contributed by atoms with Crippen LogP contribution in [0.15, 0.2) is 29.4 Å². The molecule has 0 bridgehead atoms. The summed E-state index contributed by atoms with van der Waals surface area (Å²) in [5.41, 5.74) is 10.0. The van der Waals surface area contributed by atoms with Crippen LogP contribution in [0.5, 0.6) is 0 Å². The number of aliphatic imine (C=N–C) groups is 1. The molecule has 2 aromatic rings. The second kappa shape index (κ2) is 9.36. The first-order chi connectivity index (χ1) is 11.3. The second-order valence-electron chi connectivity index (χ2n) is 5.87. The van der Waals surface area contributed by atoms with Crippen LogP contribution in [0.4, 0.5) is 5.69 Å². The first-order valence-corrected chi connectivity index (χ1v) is 9.19. The molecular formula is C18H25IN4S. The summed E-state index contributed by atoms with van der Waals surface area (Å²) in [4.78, 5) is 10.2. The van der Waals surface area contributed by atoms with E-state index in [0.717, 1.165) is 30.0 Å². The molecule has 4 nitrogen and oxygen atoms in total. The lowest BCUT2D eigenvalue weighted by molar-refractivity contribution is 0.687. The molecule has 130 valence electrons. The zero-order chi connectivity index (χ0) is 16.1. The first-order valence-electron chi connectivity index (χ1n) is 8.37. The average Bonchev–Trinajstić information content (AvgIpc) is 3.03. The van der Waals surface area contributed by atoms with E-state index in [9.17, 15) is 0 Å². The van der Waals surface area contributed by atoms with E-state index in [1.54, 1.807) is 11.3 Å². The molecule has 1 aromatic carbocycles. The predicted octanol–water partition coefficient (Wildman–Crippen LogP) is 4.17. The van der Waals surface area contributed by atoms with E-state index in [4.69, 9.17) is 5.73 Å². The lowest BCUT2D eigenvalue weighted by Crippen LogP contribution is -2.24. The SMILES string of the molecule is CCc1cnc(CCN=C(N)Nc2cccc3c2CCCC3)s1.I. The van der Waals surface area contributed by atoms with Crippen molar-refractivity contribution in [2.24, 2.45) is 10.7 Å². The topological polar surface area (TPSA) is 63.3 Å². The van der Waals surface area contributed by atoms with Crippen LogP contribution < -0.4 is 11.1 Å². The van der Waals surface area contributed by atoms with Gasteiger partial charge in [0.1, 0.15) is 0 Å². The van der Waals surface area contributed by atoms with Crippen molar-refractivity contribution in [3.05, 3.63) is 45.4 Å². The molecule has 0 fully saturated rings. The van der Waals surface area contributed by atoms with Crippen LogP contribution in [0, 0.1) is 0 Å². The molecule has 0 aliphatic heterocycles. The van der Waals surface area contributed by atoms with Gasteiger partial charge in [0.2, 0.25) is 0 Å². The molecule has 3 rings (SSSR count). The van der Waals surface area contributed by atoms with Gasteiger partial charge in [-0.05, 0) is 49.3 Å². The van der Waals surface area contributed by atoms with Crippen molar-refractivity contribution < 1.29 is 0 Å². The molecule has 0 unspecified atom stereocenters.